The lowest BCUT2D eigenvalue weighted by atomic mass is 10.1. The molecule has 78 valence electrons. The molecule has 3 nitrogen and oxygen atoms in total. The Kier molecular flexibility index (Phi) is 3.29. The minimum atomic E-state index is 0.319. The van der Waals surface area contributed by atoms with Gasteiger partial charge in [-0.25, -0.2) is 4.98 Å². The van der Waals surface area contributed by atoms with Gasteiger partial charge in [0.2, 0.25) is 5.13 Å². The van der Waals surface area contributed by atoms with Crippen LogP contribution in [0, 0.1) is 0 Å². The second-order valence-corrected chi connectivity index (χ2v) is 4.04. The molecule has 0 aliphatic heterocycles. The Morgan fingerprint density at radius 1 is 1.33 bits per heavy atom. The van der Waals surface area contributed by atoms with Gasteiger partial charge in [-0.05, 0) is 12.0 Å². The van der Waals surface area contributed by atoms with Crippen LogP contribution in [0.15, 0.2) is 36.7 Å². The van der Waals surface area contributed by atoms with Crippen molar-refractivity contribution in [1.82, 2.24) is 9.36 Å². The molecule has 0 aliphatic rings. The molecule has 1 aromatic heterocycles. The van der Waals surface area contributed by atoms with Gasteiger partial charge in [-0.3, -0.25) is 0 Å². The fraction of sp³-hybridized carbons (Fsp3) is 0.273. The van der Waals surface area contributed by atoms with Gasteiger partial charge in [-0.2, -0.15) is 4.37 Å². The highest BCUT2D eigenvalue weighted by Gasteiger charge is 2.09. The van der Waals surface area contributed by atoms with Crippen molar-refractivity contribution in [2.45, 2.75) is 19.4 Å². The smallest absolute Gasteiger partial charge is 0.202 e. The second-order valence-electron chi connectivity index (χ2n) is 3.26. The number of hydrogen-bond acceptors (Lipinski definition) is 4. The first kappa shape index (κ1) is 10.1. The minimum Gasteiger partial charge on any atom is -0.354 e. The lowest BCUT2D eigenvalue weighted by Crippen LogP contribution is -2.08. The Balaban J connectivity index is 2.12. The Morgan fingerprint density at radius 2 is 2.13 bits per heavy atom. The van der Waals surface area contributed by atoms with Gasteiger partial charge in [-0.1, -0.05) is 37.3 Å². The molecule has 4 heteroatoms. The Morgan fingerprint density at radius 3 is 2.73 bits per heavy atom. The fourth-order valence-electron chi connectivity index (χ4n) is 1.49. The first-order chi connectivity index (χ1) is 7.40. The average molecular weight is 219 g/mol. The van der Waals surface area contributed by atoms with Crippen LogP contribution in [0.5, 0.6) is 0 Å². The van der Waals surface area contributed by atoms with Crippen molar-refractivity contribution in [2.75, 3.05) is 5.32 Å². The molecule has 1 unspecified atom stereocenters. The van der Waals surface area contributed by atoms with Crippen molar-refractivity contribution in [2.24, 2.45) is 0 Å². The molecule has 0 bridgehead atoms. The van der Waals surface area contributed by atoms with Crippen molar-refractivity contribution in [1.29, 1.82) is 0 Å². The third-order valence-electron chi connectivity index (χ3n) is 2.27. The van der Waals surface area contributed by atoms with Crippen molar-refractivity contribution in [3.63, 3.8) is 0 Å². The van der Waals surface area contributed by atoms with E-state index in [9.17, 15) is 0 Å². The zero-order chi connectivity index (χ0) is 10.5. The van der Waals surface area contributed by atoms with E-state index in [0.717, 1.165) is 11.6 Å². The van der Waals surface area contributed by atoms with Gasteiger partial charge in [0.05, 0.1) is 6.04 Å². The van der Waals surface area contributed by atoms with E-state index in [0.29, 0.717) is 6.04 Å². The number of aromatic nitrogens is 2. The molecule has 1 N–H and O–H groups in total. The molecule has 15 heavy (non-hydrogen) atoms. The molecule has 0 radical (unpaired) electrons. The Labute approximate surface area is 93.4 Å². The maximum absolute atomic E-state index is 4.13. The van der Waals surface area contributed by atoms with E-state index in [2.05, 4.69) is 45.9 Å². The summed E-state index contributed by atoms with van der Waals surface area (Å²) in [5.41, 5.74) is 1.29. The van der Waals surface area contributed by atoms with Gasteiger partial charge >= 0.3 is 0 Å². The van der Waals surface area contributed by atoms with E-state index >= 15 is 0 Å². The minimum absolute atomic E-state index is 0.319. The molecular weight excluding hydrogens is 206 g/mol. The number of rotatable bonds is 4. The quantitative estimate of drug-likeness (QED) is 0.858. The van der Waals surface area contributed by atoms with Crippen molar-refractivity contribution in [3.8, 4) is 0 Å². The molecule has 0 amide bonds. The van der Waals surface area contributed by atoms with E-state index in [1.807, 2.05) is 6.07 Å². The highest BCUT2D eigenvalue weighted by molar-refractivity contribution is 7.09. The topological polar surface area (TPSA) is 37.8 Å². The Hall–Kier alpha value is -1.42. The van der Waals surface area contributed by atoms with Gasteiger partial charge in [0.1, 0.15) is 6.33 Å². The first-order valence-corrected chi connectivity index (χ1v) is 5.75. The standard InChI is InChI=1S/C11H13N3S/c1-2-10(9-6-4-3-5-7-9)14-11-12-8-13-15-11/h3-8,10H,2H2,1H3,(H,12,13,14). The van der Waals surface area contributed by atoms with E-state index in [1.165, 1.54) is 17.1 Å². The molecule has 0 saturated heterocycles. The lowest BCUT2D eigenvalue weighted by Gasteiger charge is -2.15. The molecule has 2 aromatic rings. The summed E-state index contributed by atoms with van der Waals surface area (Å²) in [6, 6.07) is 10.7. The largest absolute Gasteiger partial charge is 0.354 e. The number of benzene rings is 1. The zero-order valence-corrected chi connectivity index (χ0v) is 9.37. The summed E-state index contributed by atoms with van der Waals surface area (Å²) in [6.07, 6.45) is 2.61. The summed E-state index contributed by atoms with van der Waals surface area (Å²) in [6.45, 7) is 2.16. The third-order valence-corrected chi connectivity index (χ3v) is 2.87. The third kappa shape index (κ3) is 2.53. The van der Waals surface area contributed by atoms with Crippen LogP contribution in [0.1, 0.15) is 24.9 Å². The summed E-state index contributed by atoms with van der Waals surface area (Å²) < 4.78 is 3.97. The lowest BCUT2D eigenvalue weighted by molar-refractivity contribution is 0.748. The number of nitrogens with one attached hydrogen (secondary N) is 1. The van der Waals surface area contributed by atoms with Gasteiger partial charge < -0.3 is 5.32 Å². The second kappa shape index (κ2) is 4.89. The number of nitrogens with zero attached hydrogens (tertiary/aromatic N) is 2. The van der Waals surface area contributed by atoms with Crippen LogP contribution in [0.4, 0.5) is 5.13 Å². The molecule has 0 fully saturated rings. The van der Waals surface area contributed by atoms with Crippen LogP contribution in [-0.4, -0.2) is 9.36 Å². The first-order valence-electron chi connectivity index (χ1n) is 4.98. The molecule has 2 rings (SSSR count). The fourth-order valence-corrected chi connectivity index (χ4v) is 1.98. The molecular formula is C11H13N3S. The summed E-state index contributed by atoms with van der Waals surface area (Å²) >= 11 is 1.39. The van der Waals surface area contributed by atoms with Crippen molar-refractivity contribution < 1.29 is 0 Å². The summed E-state index contributed by atoms with van der Waals surface area (Å²) in [7, 11) is 0. The predicted molar refractivity (Wildman–Crippen MR) is 63.0 cm³/mol. The normalized spacial score (nSPS) is 12.3. The van der Waals surface area contributed by atoms with Gasteiger partial charge in [0.25, 0.3) is 0 Å². The van der Waals surface area contributed by atoms with Gasteiger partial charge in [0.15, 0.2) is 0 Å². The molecule has 0 spiro atoms. The average Bonchev–Trinajstić information content (AvgIpc) is 2.80. The van der Waals surface area contributed by atoms with Gasteiger partial charge in [-0.15, -0.1) is 0 Å². The van der Waals surface area contributed by atoms with E-state index in [-0.39, 0.29) is 0 Å². The molecule has 0 aliphatic carbocycles. The van der Waals surface area contributed by atoms with Crippen molar-refractivity contribution >= 4 is 16.7 Å². The van der Waals surface area contributed by atoms with Crippen molar-refractivity contribution in [3.05, 3.63) is 42.2 Å². The van der Waals surface area contributed by atoms with Crippen LogP contribution in [-0.2, 0) is 0 Å². The van der Waals surface area contributed by atoms with E-state index in [1.54, 1.807) is 6.33 Å². The highest BCUT2D eigenvalue weighted by Crippen LogP contribution is 2.22. The van der Waals surface area contributed by atoms with E-state index < -0.39 is 0 Å². The van der Waals surface area contributed by atoms with Crippen LogP contribution < -0.4 is 5.32 Å². The zero-order valence-electron chi connectivity index (χ0n) is 8.55. The summed E-state index contributed by atoms with van der Waals surface area (Å²) in [5.74, 6) is 0. The molecule has 1 aromatic carbocycles. The predicted octanol–water partition coefficient (Wildman–Crippen LogP) is 3.10. The van der Waals surface area contributed by atoms with Crippen LogP contribution >= 0.6 is 11.5 Å². The molecule has 0 saturated carbocycles. The SMILES string of the molecule is CCC(Nc1ncns1)c1ccccc1. The highest BCUT2D eigenvalue weighted by atomic mass is 32.1. The number of anilines is 1. The molecule has 1 atom stereocenters. The number of hydrogen-bond donors (Lipinski definition) is 1. The summed E-state index contributed by atoms with van der Waals surface area (Å²) in [4.78, 5) is 4.13. The summed E-state index contributed by atoms with van der Waals surface area (Å²) in [5, 5.41) is 4.25. The molecule has 1 heterocycles. The maximum Gasteiger partial charge on any atom is 0.202 e. The van der Waals surface area contributed by atoms with Gasteiger partial charge in [0, 0.05) is 11.5 Å². The van der Waals surface area contributed by atoms with E-state index in [4.69, 9.17) is 0 Å². The monoisotopic (exact) mass is 219 g/mol. The van der Waals surface area contributed by atoms with Crippen LogP contribution in [0.2, 0.25) is 0 Å². The Bertz CT molecular complexity index is 385. The van der Waals surface area contributed by atoms with Crippen LogP contribution in [0.3, 0.4) is 0 Å². The maximum atomic E-state index is 4.13. The van der Waals surface area contributed by atoms with Crippen LogP contribution in [0.25, 0.3) is 0 Å².